The maximum Gasteiger partial charge on any atom is 0.235 e. The highest BCUT2D eigenvalue weighted by molar-refractivity contribution is 6.33. The van der Waals surface area contributed by atoms with Crippen molar-refractivity contribution in [2.24, 2.45) is 34.5 Å². The fourth-order valence-electron chi connectivity index (χ4n) is 7.85. The molecule has 0 radical (unpaired) electrons. The van der Waals surface area contributed by atoms with Gasteiger partial charge in [0.2, 0.25) is 5.91 Å². The van der Waals surface area contributed by atoms with E-state index in [9.17, 15) is 34.3 Å². The van der Waals surface area contributed by atoms with Crippen molar-refractivity contribution in [1.29, 1.82) is 5.26 Å². The third-order valence-electron chi connectivity index (χ3n) is 9.31. The fourth-order valence-corrected chi connectivity index (χ4v) is 7.85. The number of hydrogen-bond donors (Lipinski definition) is 4. The molecule has 3 saturated carbocycles. The maximum absolute atomic E-state index is 14.3. The van der Waals surface area contributed by atoms with Crippen LogP contribution in [0.3, 0.4) is 0 Å². The number of rotatable bonds is 3. The first kappa shape index (κ1) is 26.2. The summed E-state index contributed by atoms with van der Waals surface area (Å²) in [5.74, 6) is -9.43. The lowest BCUT2D eigenvalue weighted by molar-refractivity contribution is -0.166. The quantitative estimate of drug-likeness (QED) is 0.373. The summed E-state index contributed by atoms with van der Waals surface area (Å²) in [4.78, 5) is 69.0. The van der Waals surface area contributed by atoms with Crippen molar-refractivity contribution in [3.8, 4) is 11.8 Å². The Bertz CT molecular complexity index is 1360. The molecule has 200 valence electrons. The third kappa shape index (κ3) is 3.02. The summed E-state index contributed by atoms with van der Waals surface area (Å²) in [7, 11) is 2.95. The number of amides is 1. The summed E-state index contributed by atoms with van der Waals surface area (Å²) in [6, 6.07) is 3.50. The van der Waals surface area contributed by atoms with Gasteiger partial charge in [-0.05, 0) is 62.9 Å². The second-order valence-electron chi connectivity index (χ2n) is 11.6. The van der Waals surface area contributed by atoms with E-state index in [2.05, 4.69) is 0 Å². The van der Waals surface area contributed by atoms with E-state index in [1.807, 2.05) is 0 Å². The Balaban J connectivity index is 1.76. The number of ketones is 4. The van der Waals surface area contributed by atoms with Crippen molar-refractivity contribution in [2.75, 3.05) is 14.1 Å². The molecule has 4 aliphatic rings. The molecule has 0 heterocycles. The summed E-state index contributed by atoms with van der Waals surface area (Å²) in [6.07, 6.45) is 3.44. The number of nitrogens with zero attached hydrogens (tertiary/aromatic N) is 2. The molecule has 0 bridgehead atoms. The molecule has 5 rings (SSSR count). The highest BCUT2D eigenvalue weighted by Crippen LogP contribution is 2.57. The lowest BCUT2D eigenvalue weighted by atomic mass is 9.42. The Morgan fingerprint density at radius 3 is 2.29 bits per heavy atom. The van der Waals surface area contributed by atoms with Gasteiger partial charge in [0, 0.05) is 5.54 Å². The van der Waals surface area contributed by atoms with Crippen molar-refractivity contribution >= 4 is 29.0 Å². The molecule has 11 nitrogen and oxygen atoms in total. The molecule has 38 heavy (non-hydrogen) atoms. The van der Waals surface area contributed by atoms with E-state index in [0.717, 1.165) is 31.2 Å². The van der Waals surface area contributed by atoms with Gasteiger partial charge in [0.1, 0.15) is 11.7 Å². The van der Waals surface area contributed by atoms with E-state index in [1.165, 1.54) is 25.1 Å². The van der Waals surface area contributed by atoms with Crippen molar-refractivity contribution in [3.63, 3.8) is 0 Å². The summed E-state index contributed by atoms with van der Waals surface area (Å²) in [5, 5.41) is 21.1. The van der Waals surface area contributed by atoms with E-state index in [0.29, 0.717) is 5.56 Å². The van der Waals surface area contributed by atoms with Gasteiger partial charge >= 0.3 is 0 Å². The van der Waals surface area contributed by atoms with Gasteiger partial charge in [-0.15, -0.1) is 0 Å². The average molecular weight is 522 g/mol. The molecule has 0 aliphatic heterocycles. The minimum Gasteiger partial charge on any atom is -0.507 e. The molecule has 7 N–H and O–H groups in total. The smallest absolute Gasteiger partial charge is 0.235 e. The average Bonchev–Trinajstić information content (AvgIpc) is 3.32. The predicted octanol–water partition coefficient (Wildman–Crippen LogP) is -0.534. The van der Waals surface area contributed by atoms with Gasteiger partial charge in [-0.3, -0.25) is 28.9 Å². The van der Waals surface area contributed by atoms with E-state index < -0.39 is 69.8 Å². The van der Waals surface area contributed by atoms with Crippen LogP contribution in [0, 0.1) is 28.6 Å². The third-order valence-corrected chi connectivity index (χ3v) is 9.31. The first-order valence-electron chi connectivity index (χ1n) is 12.7. The van der Waals surface area contributed by atoms with Gasteiger partial charge in [-0.2, -0.15) is 5.26 Å². The van der Waals surface area contributed by atoms with Gasteiger partial charge in [-0.1, -0.05) is 18.9 Å². The molecule has 0 saturated heterocycles. The molecule has 11 heteroatoms. The zero-order valence-corrected chi connectivity index (χ0v) is 21.3. The van der Waals surface area contributed by atoms with Gasteiger partial charge in [0.15, 0.2) is 34.5 Å². The Morgan fingerprint density at radius 1 is 1.11 bits per heavy atom. The molecule has 3 fully saturated rings. The van der Waals surface area contributed by atoms with Crippen LogP contribution in [0.2, 0.25) is 0 Å². The van der Waals surface area contributed by atoms with Crippen LogP contribution in [0.5, 0.6) is 5.75 Å². The minimum atomic E-state index is -2.73. The first-order valence-corrected chi connectivity index (χ1v) is 12.7. The number of nitriles is 1. The monoisotopic (exact) mass is 521 g/mol. The van der Waals surface area contributed by atoms with Crippen LogP contribution < -0.4 is 17.2 Å². The SMILES string of the molecule is CN(C)[C@@H]1C(=O)C(C(N)=O)C(=O)[C@@]2(C#N)C(=O)C3C(=O)c4c(O)ccc(C5CCCC5)c4C[C@@]3(N)C[C@@]12N. The zero-order valence-electron chi connectivity index (χ0n) is 21.3. The topological polar surface area (TPSA) is 211 Å². The molecule has 1 aromatic rings. The molecular formula is C27H31N5O6. The normalized spacial score (nSPS) is 37.0. The highest BCUT2D eigenvalue weighted by atomic mass is 16.3. The van der Waals surface area contributed by atoms with E-state index in [1.54, 1.807) is 12.1 Å². The minimum absolute atomic E-state index is 0.0209. The largest absolute Gasteiger partial charge is 0.507 e. The van der Waals surface area contributed by atoms with Crippen LogP contribution in [-0.2, 0) is 25.6 Å². The number of Topliss-reactive ketones (excluding diaryl/α,β-unsaturated/α-hetero) is 4. The number of phenolic OH excluding ortho intramolecular Hbond substituents is 1. The fraction of sp³-hybridized carbons (Fsp3) is 0.556. The van der Waals surface area contributed by atoms with E-state index in [4.69, 9.17) is 17.2 Å². The predicted molar refractivity (Wildman–Crippen MR) is 133 cm³/mol. The van der Waals surface area contributed by atoms with Gasteiger partial charge in [0.05, 0.1) is 23.2 Å². The number of nitrogens with two attached hydrogens (primary N) is 3. The Morgan fingerprint density at radius 2 is 1.74 bits per heavy atom. The number of fused-ring (bicyclic) bond motifs is 3. The molecule has 0 spiro atoms. The highest BCUT2D eigenvalue weighted by Gasteiger charge is 2.78. The van der Waals surface area contributed by atoms with Crippen molar-refractivity contribution < 1.29 is 29.1 Å². The lowest BCUT2D eigenvalue weighted by Gasteiger charge is -2.60. The number of phenols is 1. The second-order valence-corrected chi connectivity index (χ2v) is 11.6. The van der Waals surface area contributed by atoms with Crippen molar-refractivity contribution in [1.82, 2.24) is 4.90 Å². The van der Waals surface area contributed by atoms with E-state index in [-0.39, 0.29) is 23.7 Å². The first-order chi connectivity index (χ1) is 17.8. The van der Waals surface area contributed by atoms with Gasteiger partial charge in [-0.25, -0.2) is 0 Å². The number of likely N-dealkylation sites (N-methyl/N-ethyl adjacent to an activating group) is 1. The second kappa shape index (κ2) is 8.27. The van der Waals surface area contributed by atoms with Gasteiger partial charge in [0.25, 0.3) is 0 Å². The molecule has 2 unspecified atom stereocenters. The number of carbonyl (C=O) groups is 5. The number of carbonyl (C=O) groups excluding carboxylic acids is 5. The Hall–Kier alpha value is -3.46. The molecule has 1 aromatic carbocycles. The van der Waals surface area contributed by atoms with Crippen LogP contribution in [0.1, 0.15) is 59.5 Å². The summed E-state index contributed by atoms with van der Waals surface area (Å²) in [6.45, 7) is 0. The number of hydrogen-bond acceptors (Lipinski definition) is 10. The van der Waals surface area contributed by atoms with Crippen molar-refractivity contribution in [3.05, 3.63) is 28.8 Å². The van der Waals surface area contributed by atoms with Gasteiger partial charge < -0.3 is 22.3 Å². The standard InChI is InChI=1S/C27H31N5O6/c1-32(2)21-20(35)17(24(29)38)22(36)26(11-28)23(37)18-19(34)16-14(9-25(18,30)10-27(21,26)31)13(7-8-15(16)33)12-5-3-4-6-12/h7-8,12,17-18,21,33H,3-6,9-10,30-31H2,1-2H3,(H2,29,38)/t17?,18?,21-,25-,26+,27-/m1/s1. The summed E-state index contributed by atoms with van der Waals surface area (Å²) in [5.41, 5.74) is 13.9. The number of primary amides is 1. The molecule has 0 aromatic heterocycles. The number of aromatic hydroxyl groups is 1. The Kier molecular flexibility index (Phi) is 5.69. The molecular weight excluding hydrogens is 490 g/mol. The van der Waals surface area contributed by atoms with Crippen molar-refractivity contribution in [2.45, 2.75) is 61.6 Å². The zero-order chi connectivity index (χ0) is 27.9. The summed E-state index contributed by atoms with van der Waals surface area (Å²) >= 11 is 0. The van der Waals surface area contributed by atoms with Crippen LogP contribution in [0.4, 0.5) is 0 Å². The maximum atomic E-state index is 14.3. The lowest BCUT2D eigenvalue weighted by Crippen LogP contribution is -2.85. The van der Waals surface area contributed by atoms with E-state index >= 15 is 0 Å². The van der Waals surface area contributed by atoms with Crippen LogP contribution in [0.25, 0.3) is 0 Å². The molecule has 4 aliphatic carbocycles. The number of benzene rings is 1. The van der Waals surface area contributed by atoms with Crippen LogP contribution in [0.15, 0.2) is 12.1 Å². The Labute approximate surface area is 219 Å². The van der Waals surface area contributed by atoms with Crippen LogP contribution >= 0.6 is 0 Å². The molecule has 6 atom stereocenters. The van der Waals surface area contributed by atoms with Crippen LogP contribution in [-0.4, -0.2) is 70.3 Å². The summed E-state index contributed by atoms with van der Waals surface area (Å²) < 4.78 is 0. The molecule has 1 amide bonds.